The highest BCUT2D eigenvalue weighted by Gasteiger charge is 2.29. The Balaban J connectivity index is 1.70. The zero-order chi connectivity index (χ0) is 15.0. The number of hydrogen-bond acceptors (Lipinski definition) is 4. The number of carbonyl (C=O) groups is 3. The molecule has 0 spiro atoms. The number of nitrogens with one attached hydrogen (secondary N) is 1. The molecule has 0 saturated carbocycles. The molecular weight excluding hydrogens is 270 g/mol. The Hall–Kier alpha value is -2.37. The smallest absolute Gasteiger partial charge is 0.296 e. The summed E-state index contributed by atoms with van der Waals surface area (Å²) in [5, 5.41) is 2.59. The normalized spacial score (nSPS) is 18.6. The first-order valence-electron chi connectivity index (χ1n) is 7.07. The quantitative estimate of drug-likeness (QED) is 0.808. The van der Waals surface area contributed by atoms with Crippen LogP contribution in [0.5, 0.6) is 0 Å². The molecule has 110 valence electrons. The van der Waals surface area contributed by atoms with Gasteiger partial charge in [0.05, 0.1) is 11.3 Å². The van der Waals surface area contributed by atoms with Crippen molar-refractivity contribution in [3.8, 4) is 0 Å². The molecule has 2 heterocycles. The van der Waals surface area contributed by atoms with Crippen LogP contribution in [0.1, 0.15) is 29.6 Å². The zero-order valence-electron chi connectivity index (χ0n) is 11.6. The molecule has 0 aliphatic carbocycles. The summed E-state index contributed by atoms with van der Waals surface area (Å²) in [6, 6.07) is 5.40. The lowest BCUT2D eigenvalue weighted by Gasteiger charge is -2.33. The second-order valence-corrected chi connectivity index (χ2v) is 5.61. The molecule has 0 aromatic heterocycles. The van der Waals surface area contributed by atoms with E-state index in [9.17, 15) is 14.4 Å². The van der Waals surface area contributed by atoms with E-state index < -0.39 is 11.7 Å². The number of piperidine rings is 1. The van der Waals surface area contributed by atoms with Crippen LogP contribution in [0.15, 0.2) is 18.2 Å². The Morgan fingerprint density at radius 3 is 2.67 bits per heavy atom. The van der Waals surface area contributed by atoms with Gasteiger partial charge in [0.2, 0.25) is 5.91 Å². The fourth-order valence-electron chi connectivity index (χ4n) is 3.01. The fourth-order valence-corrected chi connectivity index (χ4v) is 3.01. The molecule has 0 atom stereocenters. The number of primary amides is 1. The Morgan fingerprint density at radius 1 is 1.29 bits per heavy atom. The van der Waals surface area contributed by atoms with Crippen LogP contribution < -0.4 is 16.0 Å². The van der Waals surface area contributed by atoms with Crippen molar-refractivity contribution in [2.75, 3.05) is 23.3 Å². The summed E-state index contributed by atoms with van der Waals surface area (Å²) >= 11 is 0. The number of nitrogens with zero attached hydrogens (tertiary/aromatic N) is 1. The van der Waals surface area contributed by atoms with Crippen molar-refractivity contribution in [2.24, 2.45) is 11.7 Å². The number of fused-ring (bicyclic) bond motifs is 1. The van der Waals surface area contributed by atoms with E-state index in [2.05, 4.69) is 10.2 Å². The molecule has 1 fully saturated rings. The number of Topliss-reactive ketones (excluding diaryl/α,β-unsaturated/α-hetero) is 1. The van der Waals surface area contributed by atoms with Gasteiger partial charge in [0.15, 0.2) is 0 Å². The molecule has 3 rings (SSSR count). The van der Waals surface area contributed by atoms with E-state index in [0.29, 0.717) is 23.6 Å². The Kier molecular flexibility index (Phi) is 3.37. The highest BCUT2D eigenvalue weighted by atomic mass is 16.2. The van der Waals surface area contributed by atoms with Crippen LogP contribution in [0, 0.1) is 5.92 Å². The number of amides is 2. The Bertz CT molecular complexity index is 619. The van der Waals surface area contributed by atoms with Gasteiger partial charge in [-0.1, -0.05) is 0 Å². The van der Waals surface area contributed by atoms with Crippen molar-refractivity contribution in [3.05, 3.63) is 23.8 Å². The molecule has 21 heavy (non-hydrogen) atoms. The van der Waals surface area contributed by atoms with Gasteiger partial charge in [0, 0.05) is 25.2 Å². The number of benzene rings is 1. The molecule has 6 heteroatoms. The van der Waals surface area contributed by atoms with E-state index in [4.69, 9.17) is 5.73 Å². The molecule has 2 aliphatic rings. The minimum Gasteiger partial charge on any atom is -0.371 e. The van der Waals surface area contributed by atoms with E-state index >= 15 is 0 Å². The number of ketones is 1. The first-order chi connectivity index (χ1) is 10.0. The summed E-state index contributed by atoms with van der Waals surface area (Å²) < 4.78 is 0. The molecule has 6 nitrogen and oxygen atoms in total. The molecule has 0 radical (unpaired) electrons. The van der Waals surface area contributed by atoms with Crippen molar-refractivity contribution < 1.29 is 14.4 Å². The zero-order valence-corrected chi connectivity index (χ0v) is 11.6. The Labute approximate surface area is 122 Å². The lowest BCUT2D eigenvalue weighted by atomic mass is 9.93. The van der Waals surface area contributed by atoms with Crippen LogP contribution in [0.4, 0.5) is 11.4 Å². The Morgan fingerprint density at radius 2 is 2.00 bits per heavy atom. The van der Waals surface area contributed by atoms with Gasteiger partial charge in [-0.2, -0.15) is 0 Å². The van der Waals surface area contributed by atoms with E-state index in [1.165, 1.54) is 0 Å². The highest BCUT2D eigenvalue weighted by Crippen LogP contribution is 2.31. The number of anilines is 2. The standard InChI is InChI=1S/C15H17N3O3/c16-13(19)7-9-3-5-18(6-4-9)10-1-2-11-12(8-10)17-15(21)14(11)20/h1-2,8-9H,3-7H2,(H2,16,19)(H,17,20,21). The maximum Gasteiger partial charge on any atom is 0.296 e. The summed E-state index contributed by atoms with van der Waals surface area (Å²) in [4.78, 5) is 36.1. The third-order valence-corrected chi connectivity index (χ3v) is 4.17. The van der Waals surface area contributed by atoms with Crippen LogP contribution in [0.3, 0.4) is 0 Å². The van der Waals surface area contributed by atoms with E-state index in [1.807, 2.05) is 12.1 Å². The largest absolute Gasteiger partial charge is 0.371 e. The number of hydrogen-bond donors (Lipinski definition) is 2. The lowest BCUT2D eigenvalue weighted by Crippen LogP contribution is -2.35. The molecule has 1 aromatic rings. The van der Waals surface area contributed by atoms with Gasteiger partial charge in [0.25, 0.3) is 11.7 Å². The van der Waals surface area contributed by atoms with Crippen molar-refractivity contribution >= 4 is 29.0 Å². The van der Waals surface area contributed by atoms with Crippen molar-refractivity contribution in [1.82, 2.24) is 0 Å². The summed E-state index contributed by atoms with van der Waals surface area (Å²) in [5.41, 5.74) is 7.24. The van der Waals surface area contributed by atoms with Crippen LogP contribution in [0.25, 0.3) is 0 Å². The maximum absolute atomic E-state index is 11.6. The molecule has 0 bridgehead atoms. The number of nitrogens with two attached hydrogens (primary N) is 1. The van der Waals surface area contributed by atoms with Crippen LogP contribution in [-0.2, 0) is 9.59 Å². The lowest BCUT2D eigenvalue weighted by molar-refractivity contribution is -0.119. The molecule has 2 amide bonds. The summed E-state index contributed by atoms with van der Waals surface area (Å²) in [5.74, 6) is -0.930. The van der Waals surface area contributed by atoms with Crippen molar-refractivity contribution in [3.63, 3.8) is 0 Å². The van der Waals surface area contributed by atoms with E-state index in [-0.39, 0.29) is 5.91 Å². The second-order valence-electron chi connectivity index (χ2n) is 5.61. The average Bonchev–Trinajstić information content (AvgIpc) is 2.74. The SMILES string of the molecule is NC(=O)CC1CCN(c2ccc3c(c2)NC(=O)C3=O)CC1. The summed E-state index contributed by atoms with van der Waals surface area (Å²) in [6.45, 7) is 1.69. The van der Waals surface area contributed by atoms with Gasteiger partial charge in [-0.25, -0.2) is 0 Å². The monoisotopic (exact) mass is 287 g/mol. The van der Waals surface area contributed by atoms with Crippen molar-refractivity contribution in [1.29, 1.82) is 0 Å². The van der Waals surface area contributed by atoms with Gasteiger partial charge in [-0.3, -0.25) is 14.4 Å². The maximum atomic E-state index is 11.6. The van der Waals surface area contributed by atoms with E-state index in [1.54, 1.807) is 6.07 Å². The third kappa shape index (κ3) is 2.61. The molecule has 2 aliphatic heterocycles. The number of carbonyl (C=O) groups excluding carboxylic acids is 3. The fraction of sp³-hybridized carbons (Fsp3) is 0.400. The van der Waals surface area contributed by atoms with Crippen LogP contribution >= 0.6 is 0 Å². The van der Waals surface area contributed by atoms with Gasteiger partial charge in [-0.15, -0.1) is 0 Å². The third-order valence-electron chi connectivity index (χ3n) is 4.17. The molecule has 1 saturated heterocycles. The highest BCUT2D eigenvalue weighted by molar-refractivity contribution is 6.51. The first kappa shape index (κ1) is 13.6. The van der Waals surface area contributed by atoms with Crippen molar-refractivity contribution in [2.45, 2.75) is 19.3 Å². The number of rotatable bonds is 3. The molecule has 3 N–H and O–H groups in total. The minimum absolute atomic E-state index is 0.243. The average molecular weight is 287 g/mol. The summed E-state index contributed by atoms with van der Waals surface area (Å²) in [6.07, 6.45) is 2.29. The molecule has 0 unspecified atom stereocenters. The van der Waals surface area contributed by atoms with Crippen LogP contribution in [0.2, 0.25) is 0 Å². The molecule has 1 aromatic carbocycles. The van der Waals surface area contributed by atoms with Gasteiger partial charge >= 0.3 is 0 Å². The topological polar surface area (TPSA) is 92.5 Å². The van der Waals surface area contributed by atoms with Gasteiger partial charge < -0.3 is 16.0 Å². The first-order valence-corrected chi connectivity index (χ1v) is 7.07. The van der Waals surface area contributed by atoms with Gasteiger partial charge in [-0.05, 0) is 37.0 Å². The van der Waals surface area contributed by atoms with Gasteiger partial charge in [0.1, 0.15) is 0 Å². The predicted octanol–water partition coefficient (Wildman–Crippen LogP) is 0.913. The summed E-state index contributed by atoms with van der Waals surface area (Å²) in [7, 11) is 0. The molecular formula is C15H17N3O3. The minimum atomic E-state index is -0.567. The second kappa shape index (κ2) is 5.20. The van der Waals surface area contributed by atoms with Crippen LogP contribution in [-0.4, -0.2) is 30.7 Å². The predicted molar refractivity (Wildman–Crippen MR) is 78.2 cm³/mol. The van der Waals surface area contributed by atoms with E-state index in [0.717, 1.165) is 31.6 Å².